The van der Waals surface area contributed by atoms with Gasteiger partial charge in [0.15, 0.2) is 101 Å². The van der Waals surface area contributed by atoms with Crippen LogP contribution in [0.15, 0.2) is 274 Å². The van der Waals surface area contributed by atoms with Crippen LogP contribution in [0.25, 0.3) is 33.4 Å². The highest BCUT2D eigenvalue weighted by atomic mass is 16.2. The maximum absolute atomic E-state index is 15.3. The smallest absolute Gasteiger partial charge is 0.258 e. The van der Waals surface area contributed by atoms with E-state index in [0.29, 0.717) is 87.2 Å². The zero-order valence-corrected chi connectivity index (χ0v) is 63.8. The van der Waals surface area contributed by atoms with Gasteiger partial charge in [-0.3, -0.25) is 19.2 Å². The van der Waals surface area contributed by atoms with Gasteiger partial charge in [0.2, 0.25) is 18.4 Å². The Kier molecular flexibility index (Phi) is 27.0. The molecule has 5 heterocycles. The minimum absolute atomic E-state index is 0.242. The van der Waals surface area contributed by atoms with E-state index in [4.69, 9.17) is 7.85 Å². The predicted molar refractivity (Wildman–Crippen MR) is 434 cm³/mol. The van der Waals surface area contributed by atoms with E-state index >= 15 is 4.79 Å². The standard InChI is InChI=1S/C94H96BN10O4/c1-10-73-32-19-20-37-79(73)52-100(9)53-82(48-72(8)78-39-25-46-101(56-78)54-74-33-15-11-28-68(74)4)85-50-87(65-104(63-85)58-77-36-18-14-31-71(77)7)92(107)97-43-24-23-42-90(94(109)98-45-27-44-96-91(106)67(2)3)99-93(108)88-51-86(64-105(66-88)60-81-38-21-22-41-89(81)95)84-49-83(61-103(62-84)57-76-35-17-13-30-70(76)6)80-40-26-47-102(59-80)55-75-34-16-12-29-69(75)5/h11-22,25-26,28-41,46-51,53,56,59,61-66,90H,2,4,9-10,23-24,27,42-45,52,54-55,57-58,60H2,1,3,5-8H3/q+3/p+4/b72-48+,82-53+. The second kappa shape index (κ2) is 37.8. The lowest BCUT2D eigenvalue weighted by atomic mass is 9.90. The number of aromatic nitrogens is 5. The van der Waals surface area contributed by atoms with E-state index in [2.05, 4.69) is 271 Å². The highest BCUT2D eigenvalue weighted by Gasteiger charge is 2.27. The number of benzene rings is 6. The van der Waals surface area contributed by atoms with Crippen LogP contribution in [0.4, 0.5) is 0 Å². The van der Waals surface area contributed by atoms with Crippen LogP contribution in [0.3, 0.4) is 0 Å². The lowest BCUT2D eigenvalue weighted by Gasteiger charge is -2.19. The summed E-state index contributed by atoms with van der Waals surface area (Å²) in [6.45, 7) is 29.1. The molecule has 5 aromatic heterocycles. The van der Waals surface area contributed by atoms with Crippen LogP contribution in [-0.2, 0) is 55.3 Å². The second-order valence-corrected chi connectivity index (χ2v) is 28.5. The molecule has 11 aromatic rings. The summed E-state index contributed by atoms with van der Waals surface area (Å²) in [5, 5.41) is 12.3. The zero-order valence-electron chi connectivity index (χ0n) is 63.8. The van der Waals surface area contributed by atoms with Crippen LogP contribution in [0.1, 0.15) is 139 Å². The number of carbonyl (C=O) groups is 4. The van der Waals surface area contributed by atoms with Gasteiger partial charge in [-0.25, -0.2) is 9.14 Å². The fourth-order valence-corrected chi connectivity index (χ4v) is 13.5. The second-order valence-electron chi connectivity index (χ2n) is 28.5. The van der Waals surface area contributed by atoms with Crippen molar-refractivity contribution in [2.24, 2.45) is 0 Å². The number of nitrogens with one attached hydrogen (secondary N) is 4. The van der Waals surface area contributed by atoms with E-state index < -0.39 is 11.9 Å². The summed E-state index contributed by atoms with van der Waals surface area (Å²) in [5.41, 5.74) is 21.7. The van der Waals surface area contributed by atoms with E-state index in [1.807, 2.05) is 88.3 Å². The van der Waals surface area contributed by atoms with Crippen molar-refractivity contribution in [2.75, 3.05) is 19.6 Å². The van der Waals surface area contributed by atoms with E-state index in [-0.39, 0.29) is 37.2 Å². The molecule has 0 saturated carbocycles. The predicted octanol–water partition coefficient (Wildman–Crippen LogP) is 12.4. The highest BCUT2D eigenvalue weighted by Crippen LogP contribution is 2.27. The Balaban J connectivity index is 0.881. The first kappa shape index (κ1) is 77.9. The molecule has 0 aliphatic heterocycles. The van der Waals surface area contributed by atoms with Gasteiger partial charge in [-0.2, -0.15) is 18.3 Å². The number of carbonyl (C=O) groups excluding carboxylic acids is 4. The minimum atomic E-state index is -0.979. The Morgan fingerprint density at radius 2 is 0.954 bits per heavy atom. The fourth-order valence-electron chi connectivity index (χ4n) is 13.5. The number of hydrogen-bond donors (Lipinski definition) is 4. The molecule has 11 rings (SSSR count). The normalized spacial score (nSPS) is 11.7. The third kappa shape index (κ3) is 22.0. The summed E-state index contributed by atoms with van der Waals surface area (Å²) in [6.07, 6.45) is 27.4. The zero-order chi connectivity index (χ0) is 76.8. The monoisotopic (exact) mass is 1440 g/mol. The molecule has 0 saturated heterocycles. The summed E-state index contributed by atoms with van der Waals surface area (Å²) < 4.78 is 12.6. The number of rotatable bonds is 33. The van der Waals surface area contributed by atoms with Crippen molar-refractivity contribution in [1.29, 1.82) is 0 Å². The average molecular weight is 1440 g/mol. The average Bonchev–Trinajstić information content (AvgIpc) is 0.799. The van der Waals surface area contributed by atoms with E-state index in [1.54, 1.807) is 13.1 Å². The summed E-state index contributed by atoms with van der Waals surface area (Å²) in [7, 11) is 6.62. The van der Waals surface area contributed by atoms with Crippen molar-refractivity contribution in [3.8, 4) is 22.3 Å². The molecule has 6 aromatic carbocycles. The van der Waals surface area contributed by atoms with E-state index in [1.165, 1.54) is 33.4 Å². The first-order valence-electron chi connectivity index (χ1n) is 37.6. The van der Waals surface area contributed by atoms with Gasteiger partial charge in [0.25, 0.3) is 11.8 Å². The van der Waals surface area contributed by atoms with E-state index in [0.717, 1.165) is 78.8 Å². The molecule has 4 N–H and O–H groups in total. The Labute approximate surface area is 644 Å². The maximum Gasteiger partial charge on any atom is 0.258 e. The van der Waals surface area contributed by atoms with Crippen molar-refractivity contribution in [1.82, 2.24) is 21.3 Å². The molecule has 0 aliphatic rings. The quantitative estimate of drug-likeness (QED) is 0.00619. The van der Waals surface area contributed by atoms with Crippen LogP contribution in [-0.4, -0.2) is 68.4 Å². The first-order valence-corrected chi connectivity index (χ1v) is 37.6. The molecular weight excluding hydrogens is 1340 g/mol. The molecule has 109 heavy (non-hydrogen) atoms. The summed E-state index contributed by atoms with van der Waals surface area (Å²) in [4.78, 5) is 57.1. The summed E-state index contributed by atoms with van der Waals surface area (Å²) in [5.74, 6) is -1.35. The van der Waals surface area contributed by atoms with Gasteiger partial charge in [0, 0.05) is 89.8 Å². The highest BCUT2D eigenvalue weighted by molar-refractivity contribution is 6.33. The molecule has 14 nitrogen and oxygen atoms in total. The van der Waals surface area contributed by atoms with Gasteiger partial charge < -0.3 is 21.3 Å². The van der Waals surface area contributed by atoms with Gasteiger partial charge in [-0.15, -0.1) is 0 Å². The van der Waals surface area contributed by atoms with Crippen molar-refractivity contribution in [3.63, 3.8) is 0 Å². The molecule has 2 radical (unpaired) electrons. The van der Waals surface area contributed by atoms with Crippen molar-refractivity contribution in [3.05, 3.63) is 365 Å². The molecule has 15 heteroatoms. The third-order valence-corrected chi connectivity index (χ3v) is 19.9. The maximum atomic E-state index is 15.3. The van der Waals surface area contributed by atoms with Crippen molar-refractivity contribution < 1.29 is 46.6 Å². The number of hydrogen-bond acceptors (Lipinski definition) is 4. The Bertz CT molecular complexity index is 5210. The van der Waals surface area contributed by atoms with Crippen molar-refractivity contribution in [2.45, 2.75) is 119 Å². The molecule has 0 bridgehead atoms. The molecule has 1 unspecified atom stereocenters. The molecule has 0 fully saturated rings. The fraction of sp³-hybridized carbons (Fsp3) is 0.223. The van der Waals surface area contributed by atoms with Crippen LogP contribution in [0.5, 0.6) is 0 Å². The van der Waals surface area contributed by atoms with Crippen LogP contribution in [0.2, 0.25) is 0 Å². The largest absolute Gasteiger partial charge is 0.354 e. The lowest BCUT2D eigenvalue weighted by Crippen LogP contribution is -2.48. The third-order valence-electron chi connectivity index (χ3n) is 19.9. The Morgan fingerprint density at radius 1 is 0.477 bits per heavy atom. The van der Waals surface area contributed by atoms with Crippen LogP contribution in [0, 0.1) is 27.7 Å². The van der Waals surface area contributed by atoms with Crippen LogP contribution < -0.4 is 49.6 Å². The lowest BCUT2D eigenvalue weighted by molar-refractivity contribution is -0.689. The Hall–Kier alpha value is -12.2. The van der Waals surface area contributed by atoms with Gasteiger partial charge in [-0.05, 0) is 143 Å². The number of pyridine rings is 5. The van der Waals surface area contributed by atoms with Crippen molar-refractivity contribution >= 4 is 54.8 Å². The topological polar surface area (TPSA) is 139 Å². The van der Waals surface area contributed by atoms with Gasteiger partial charge in [0.05, 0.1) is 33.4 Å². The summed E-state index contributed by atoms with van der Waals surface area (Å²) >= 11 is 0. The minimum Gasteiger partial charge on any atom is -0.354 e. The molecule has 4 amide bonds. The van der Waals surface area contributed by atoms with Gasteiger partial charge in [0.1, 0.15) is 42.9 Å². The molecule has 0 spiro atoms. The SMILES string of the molecule is [B]c1ccccc1C[n+]1cc(C(=O)NC(CCCCNC(=O)c2cc(C(/C=C(\C)c3ccc[n+](Cc4ccccc4[CH2+])c3)=C/[N+](=C)Cc3ccccc3CC)c[n+](Cc3ccccc3C)c2)C(=O)NCCCNC(=O)C(=C)C)cc(-c2cc(-c3ccc[n+](Cc4ccccc4C)c3)c[n+](Cc3ccccc3C)c2)c1. The van der Waals surface area contributed by atoms with Crippen LogP contribution >= 0.6 is 0 Å². The molecule has 1 atom stereocenters. The van der Waals surface area contributed by atoms with E-state index in [9.17, 15) is 14.4 Å². The molecule has 546 valence electrons. The Morgan fingerprint density at radius 3 is 1.59 bits per heavy atom. The number of nitrogens with zero attached hydrogens (tertiary/aromatic N) is 6. The number of allylic oxidation sites excluding steroid dienone is 3. The number of aryl methyl sites for hydroxylation is 4. The molecule has 0 aliphatic carbocycles. The number of unbranched alkanes of at least 4 members (excludes halogenated alkanes) is 1. The molecular formula is C94H100BN10O4+7. The van der Waals surface area contributed by atoms with Gasteiger partial charge in [-0.1, -0.05) is 140 Å². The van der Waals surface area contributed by atoms with Gasteiger partial charge >= 0.3 is 0 Å². The number of amides is 4. The summed E-state index contributed by atoms with van der Waals surface area (Å²) in [6, 6.07) is 62.8. The first-order chi connectivity index (χ1) is 52.8.